The highest BCUT2D eigenvalue weighted by atomic mass is 16.5. The van der Waals surface area contributed by atoms with Gasteiger partial charge in [0.15, 0.2) is 5.76 Å². The number of oxime groups is 1. The fourth-order valence-corrected chi connectivity index (χ4v) is 2.49. The number of hydrogen-bond acceptors (Lipinski definition) is 5. The molecule has 0 aromatic carbocycles. The fraction of sp³-hybridized carbons (Fsp3) is 0.571. The smallest absolute Gasteiger partial charge is 0.218 e. The molecule has 2 N–H and O–H groups in total. The summed E-state index contributed by atoms with van der Waals surface area (Å²) in [5.74, 6) is 0.807. The van der Waals surface area contributed by atoms with Gasteiger partial charge >= 0.3 is 0 Å². The van der Waals surface area contributed by atoms with E-state index in [-0.39, 0.29) is 6.61 Å². The van der Waals surface area contributed by atoms with Crippen molar-refractivity contribution in [3.8, 4) is 0 Å². The summed E-state index contributed by atoms with van der Waals surface area (Å²) in [5.41, 5.74) is 0.532. The number of rotatable bonds is 3. The van der Waals surface area contributed by atoms with E-state index >= 15 is 0 Å². The molecule has 1 fully saturated rings. The quantitative estimate of drug-likeness (QED) is 0.292. The summed E-state index contributed by atoms with van der Waals surface area (Å²) in [5, 5.41) is 33.6. The van der Waals surface area contributed by atoms with Crippen LogP contribution in [0.1, 0.15) is 50.0 Å². The second-order valence-corrected chi connectivity index (χ2v) is 5.01. The van der Waals surface area contributed by atoms with Gasteiger partial charge in [-0.3, -0.25) is 0 Å². The van der Waals surface area contributed by atoms with Gasteiger partial charge in [-0.05, 0) is 31.4 Å². The van der Waals surface area contributed by atoms with E-state index in [1.165, 1.54) is 6.21 Å². The van der Waals surface area contributed by atoms with Crippen LogP contribution in [0.15, 0.2) is 21.7 Å². The van der Waals surface area contributed by atoms with Crippen molar-refractivity contribution in [3.05, 3.63) is 28.9 Å². The Balaban J connectivity index is 2.16. The van der Waals surface area contributed by atoms with E-state index in [0.29, 0.717) is 30.1 Å². The zero-order valence-electron chi connectivity index (χ0n) is 11.4. The third-order valence-corrected chi connectivity index (χ3v) is 3.57. The molecule has 1 aliphatic rings. The molecule has 2 rings (SSSR count). The molecule has 0 saturated heterocycles. The Bertz CT molecular complexity index is 493. The Morgan fingerprint density at radius 3 is 2.85 bits per heavy atom. The number of furan rings is 1. The minimum atomic E-state index is -0.442. The van der Waals surface area contributed by atoms with Gasteiger partial charge in [0.1, 0.15) is 18.1 Å². The van der Waals surface area contributed by atoms with Crippen LogP contribution < -0.4 is 0 Å². The van der Waals surface area contributed by atoms with E-state index < -0.39 is 6.04 Å². The molecule has 1 aliphatic carbocycles. The second kappa shape index (κ2) is 7.09. The van der Waals surface area contributed by atoms with Crippen molar-refractivity contribution < 1.29 is 19.5 Å². The molecule has 1 aromatic heterocycles. The molecule has 1 atom stereocenters. The Kier molecular flexibility index (Phi) is 5.17. The Morgan fingerprint density at radius 1 is 1.35 bits per heavy atom. The zero-order chi connectivity index (χ0) is 14.4. The van der Waals surface area contributed by atoms with E-state index in [4.69, 9.17) is 14.7 Å². The fourth-order valence-electron chi connectivity index (χ4n) is 2.49. The van der Waals surface area contributed by atoms with Crippen LogP contribution in [0.3, 0.4) is 0 Å². The third-order valence-electron chi connectivity index (χ3n) is 3.57. The molecule has 0 bridgehead atoms. The van der Waals surface area contributed by atoms with Crippen LogP contribution in [-0.4, -0.2) is 33.0 Å². The Hall–Kier alpha value is -1.82. The highest BCUT2D eigenvalue weighted by Gasteiger charge is 2.25. The third kappa shape index (κ3) is 3.60. The second-order valence-electron chi connectivity index (χ2n) is 5.01. The molecule has 0 spiro atoms. The molecule has 1 unspecified atom stereocenters. The van der Waals surface area contributed by atoms with Crippen molar-refractivity contribution in [1.82, 2.24) is 0 Å². The standard InChI is InChI=1S/C14H20N2O4/c17-10-12-8-7-11(20-12)9-16(19)14-6-4-2-1-3-5-13(14)15-18/h7-9,14,17-18H,1-6,10H2. The van der Waals surface area contributed by atoms with Gasteiger partial charge in [0, 0.05) is 6.42 Å². The molecule has 1 aromatic rings. The molecule has 110 valence electrons. The SMILES string of the molecule is [O-][N+](=Cc1ccc(CO)o1)C1CCCCCCC1=NO. The molecule has 1 saturated carbocycles. The molecular formula is C14H20N2O4. The van der Waals surface area contributed by atoms with Gasteiger partial charge in [-0.25, -0.2) is 0 Å². The average Bonchev–Trinajstić information content (AvgIpc) is 2.86. The van der Waals surface area contributed by atoms with Gasteiger partial charge < -0.3 is 19.9 Å². The summed E-state index contributed by atoms with van der Waals surface area (Å²) in [6, 6.07) is 2.82. The molecular weight excluding hydrogens is 260 g/mol. The lowest BCUT2D eigenvalue weighted by atomic mass is 9.95. The zero-order valence-corrected chi connectivity index (χ0v) is 11.4. The van der Waals surface area contributed by atoms with Gasteiger partial charge in [-0.2, -0.15) is 4.74 Å². The summed E-state index contributed by atoms with van der Waals surface area (Å²) in [4.78, 5) is 0. The van der Waals surface area contributed by atoms with Gasteiger partial charge in [0.2, 0.25) is 12.3 Å². The molecule has 0 amide bonds. The van der Waals surface area contributed by atoms with Gasteiger partial charge in [0.05, 0.1) is 0 Å². The normalized spacial score (nSPS) is 23.6. The lowest BCUT2D eigenvalue weighted by Gasteiger charge is -2.19. The molecule has 0 radical (unpaired) electrons. The van der Waals surface area contributed by atoms with E-state index in [2.05, 4.69) is 5.16 Å². The maximum Gasteiger partial charge on any atom is 0.218 e. The molecule has 20 heavy (non-hydrogen) atoms. The number of aliphatic hydroxyl groups is 1. The van der Waals surface area contributed by atoms with Gasteiger partial charge in [0.25, 0.3) is 0 Å². The predicted octanol–water partition coefficient (Wildman–Crippen LogP) is 2.25. The van der Waals surface area contributed by atoms with Gasteiger partial charge in [-0.1, -0.05) is 18.0 Å². The maximum absolute atomic E-state index is 12.2. The van der Waals surface area contributed by atoms with Crippen LogP contribution in [0.25, 0.3) is 0 Å². The highest BCUT2D eigenvalue weighted by molar-refractivity contribution is 5.88. The van der Waals surface area contributed by atoms with Crippen LogP contribution in [0.2, 0.25) is 0 Å². The lowest BCUT2D eigenvalue weighted by molar-refractivity contribution is -0.478. The van der Waals surface area contributed by atoms with Crippen molar-refractivity contribution in [1.29, 1.82) is 0 Å². The maximum atomic E-state index is 12.2. The minimum absolute atomic E-state index is 0.195. The van der Waals surface area contributed by atoms with E-state index in [9.17, 15) is 5.21 Å². The van der Waals surface area contributed by atoms with Crippen molar-refractivity contribution in [2.24, 2.45) is 5.16 Å². The van der Waals surface area contributed by atoms with Crippen LogP contribution in [0, 0.1) is 5.21 Å². The van der Waals surface area contributed by atoms with E-state index in [1.807, 2.05) is 0 Å². The first-order chi connectivity index (χ1) is 9.74. The average molecular weight is 280 g/mol. The highest BCUT2D eigenvalue weighted by Crippen LogP contribution is 2.18. The van der Waals surface area contributed by atoms with E-state index in [1.54, 1.807) is 12.1 Å². The van der Waals surface area contributed by atoms with Crippen LogP contribution in [0.5, 0.6) is 0 Å². The van der Waals surface area contributed by atoms with Crippen LogP contribution in [0.4, 0.5) is 0 Å². The predicted molar refractivity (Wildman–Crippen MR) is 74.1 cm³/mol. The molecule has 6 nitrogen and oxygen atoms in total. The monoisotopic (exact) mass is 280 g/mol. The number of nitrogens with zero attached hydrogens (tertiary/aromatic N) is 2. The van der Waals surface area contributed by atoms with Gasteiger partial charge in [-0.15, -0.1) is 0 Å². The Labute approximate surface area is 117 Å². The van der Waals surface area contributed by atoms with Crippen LogP contribution in [-0.2, 0) is 6.61 Å². The number of hydrogen-bond donors (Lipinski definition) is 2. The van der Waals surface area contributed by atoms with Crippen molar-refractivity contribution in [2.75, 3.05) is 0 Å². The van der Waals surface area contributed by atoms with Crippen molar-refractivity contribution in [2.45, 2.75) is 51.2 Å². The molecule has 6 heteroatoms. The minimum Gasteiger partial charge on any atom is -0.623 e. The first-order valence-electron chi connectivity index (χ1n) is 6.95. The summed E-state index contributed by atoms with van der Waals surface area (Å²) >= 11 is 0. The van der Waals surface area contributed by atoms with E-state index in [0.717, 1.165) is 30.4 Å². The van der Waals surface area contributed by atoms with Crippen molar-refractivity contribution >= 4 is 11.9 Å². The molecule has 0 aliphatic heterocycles. The summed E-state index contributed by atoms with van der Waals surface area (Å²) in [7, 11) is 0. The number of aliphatic hydroxyl groups excluding tert-OH is 1. The Morgan fingerprint density at radius 2 is 2.15 bits per heavy atom. The largest absolute Gasteiger partial charge is 0.623 e. The topological polar surface area (TPSA) is 92.0 Å². The number of hydroxylamine groups is 1. The first-order valence-corrected chi connectivity index (χ1v) is 6.95. The first kappa shape index (κ1) is 14.6. The molecule has 1 heterocycles. The summed E-state index contributed by atoms with van der Waals surface area (Å²) < 4.78 is 6.06. The lowest BCUT2D eigenvalue weighted by Crippen LogP contribution is -2.32. The van der Waals surface area contributed by atoms with Crippen molar-refractivity contribution in [3.63, 3.8) is 0 Å². The van der Waals surface area contributed by atoms with Crippen LogP contribution >= 0.6 is 0 Å². The summed E-state index contributed by atoms with van der Waals surface area (Å²) in [6.07, 6.45) is 6.75. The summed E-state index contributed by atoms with van der Waals surface area (Å²) in [6.45, 7) is -0.195.